The molecule has 1 aliphatic rings. The van der Waals surface area contributed by atoms with Gasteiger partial charge in [0, 0.05) is 36.3 Å². The molecule has 0 saturated carbocycles. The van der Waals surface area contributed by atoms with Crippen molar-refractivity contribution in [3.63, 3.8) is 0 Å². The molecule has 0 radical (unpaired) electrons. The van der Waals surface area contributed by atoms with Gasteiger partial charge in [-0.05, 0) is 36.6 Å². The number of aliphatic hydroxyl groups is 1. The Hall–Kier alpha value is -2.79. The van der Waals surface area contributed by atoms with E-state index in [1.54, 1.807) is 6.20 Å². The van der Waals surface area contributed by atoms with Crippen molar-refractivity contribution < 1.29 is 31.4 Å². The monoisotopic (exact) mass is 472 g/mol. The standard InChI is InChI=1S/C22H22F6N4O/c23-21(24,25)20(33,22(26,27)28)16-3-1-14(2-4-16)13-31-9-7-18(8-10-31)32-19-6-5-17(29)11-15(19)12-30-32/h1-6,11-12,18,33H,7-10,13,29H2. The van der Waals surface area contributed by atoms with Gasteiger partial charge in [0.15, 0.2) is 0 Å². The van der Waals surface area contributed by atoms with Crippen LogP contribution in [-0.2, 0) is 12.1 Å². The number of hydrogen-bond donors (Lipinski definition) is 2. The third-order valence-electron chi connectivity index (χ3n) is 6.12. The summed E-state index contributed by atoms with van der Waals surface area (Å²) in [5.41, 5.74) is 1.85. The van der Waals surface area contributed by atoms with Crippen LogP contribution < -0.4 is 5.73 Å². The lowest BCUT2D eigenvalue weighted by molar-refractivity contribution is -0.376. The number of likely N-dealkylation sites (tertiary alicyclic amines) is 1. The topological polar surface area (TPSA) is 67.3 Å². The number of aromatic nitrogens is 2. The fourth-order valence-corrected chi connectivity index (χ4v) is 4.28. The number of hydrogen-bond acceptors (Lipinski definition) is 4. The molecule has 3 aromatic rings. The summed E-state index contributed by atoms with van der Waals surface area (Å²) < 4.78 is 80.2. The molecule has 1 fully saturated rings. The van der Waals surface area contributed by atoms with Crippen molar-refractivity contribution in [1.29, 1.82) is 0 Å². The number of nitrogen functional groups attached to an aromatic ring is 1. The van der Waals surface area contributed by atoms with Crippen LogP contribution >= 0.6 is 0 Å². The van der Waals surface area contributed by atoms with E-state index in [0.717, 1.165) is 23.7 Å². The maximum Gasteiger partial charge on any atom is 0.430 e. The van der Waals surface area contributed by atoms with Gasteiger partial charge >= 0.3 is 12.4 Å². The third-order valence-corrected chi connectivity index (χ3v) is 6.12. The van der Waals surface area contributed by atoms with Crippen molar-refractivity contribution in [2.24, 2.45) is 0 Å². The van der Waals surface area contributed by atoms with Crippen LogP contribution in [0.25, 0.3) is 10.9 Å². The van der Waals surface area contributed by atoms with Gasteiger partial charge in [-0.15, -0.1) is 0 Å². The minimum absolute atomic E-state index is 0.179. The second-order valence-electron chi connectivity index (χ2n) is 8.32. The summed E-state index contributed by atoms with van der Waals surface area (Å²) >= 11 is 0. The average molecular weight is 472 g/mol. The zero-order valence-electron chi connectivity index (χ0n) is 17.4. The number of nitrogens with zero attached hydrogens (tertiary/aromatic N) is 3. The van der Waals surface area contributed by atoms with E-state index < -0.39 is 23.5 Å². The molecule has 0 bridgehead atoms. The number of anilines is 1. The molecule has 2 heterocycles. The molecule has 11 heteroatoms. The molecule has 3 N–H and O–H groups in total. The maximum atomic E-state index is 13.0. The lowest BCUT2D eigenvalue weighted by atomic mass is 9.91. The van der Waals surface area contributed by atoms with Gasteiger partial charge in [-0.1, -0.05) is 24.3 Å². The van der Waals surface area contributed by atoms with E-state index in [2.05, 4.69) is 10.00 Å². The molecule has 0 aliphatic carbocycles. The summed E-state index contributed by atoms with van der Waals surface area (Å²) in [6.07, 6.45) is -8.43. The van der Waals surface area contributed by atoms with Gasteiger partial charge in [0.05, 0.1) is 17.8 Å². The van der Waals surface area contributed by atoms with Crippen molar-refractivity contribution in [2.45, 2.75) is 43.4 Å². The molecule has 1 saturated heterocycles. The zero-order chi connectivity index (χ0) is 24.0. The van der Waals surface area contributed by atoms with E-state index in [0.29, 0.717) is 43.0 Å². The van der Waals surface area contributed by atoms with Crippen molar-refractivity contribution in [2.75, 3.05) is 18.8 Å². The molecular weight excluding hydrogens is 450 g/mol. The Bertz CT molecular complexity index is 1100. The van der Waals surface area contributed by atoms with Gasteiger partial charge in [-0.2, -0.15) is 31.4 Å². The minimum Gasteiger partial charge on any atom is -0.399 e. The Morgan fingerprint density at radius 3 is 2.12 bits per heavy atom. The first-order valence-corrected chi connectivity index (χ1v) is 10.3. The summed E-state index contributed by atoms with van der Waals surface area (Å²) in [6, 6.07) is 9.53. The quantitative estimate of drug-likeness (QED) is 0.424. The van der Waals surface area contributed by atoms with Crippen LogP contribution in [0.4, 0.5) is 32.0 Å². The zero-order valence-corrected chi connectivity index (χ0v) is 17.4. The van der Waals surface area contributed by atoms with Crippen LogP contribution in [0.3, 0.4) is 0 Å². The van der Waals surface area contributed by atoms with E-state index in [9.17, 15) is 31.4 Å². The summed E-state index contributed by atoms with van der Waals surface area (Å²) in [5.74, 6) is 0. The van der Waals surface area contributed by atoms with E-state index in [1.807, 2.05) is 22.9 Å². The van der Waals surface area contributed by atoms with Gasteiger partial charge in [-0.3, -0.25) is 9.58 Å². The first-order valence-electron chi connectivity index (χ1n) is 10.3. The Morgan fingerprint density at radius 1 is 0.939 bits per heavy atom. The van der Waals surface area contributed by atoms with Crippen molar-refractivity contribution in [1.82, 2.24) is 14.7 Å². The molecule has 0 atom stereocenters. The lowest BCUT2D eigenvalue weighted by Crippen LogP contribution is -2.53. The van der Waals surface area contributed by atoms with Crippen LogP contribution in [0, 0.1) is 0 Å². The number of piperidine rings is 1. The molecule has 33 heavy (non-hydrogen) atoms. The van der Waals surface area contributed by atoms with Crippen LogP contribution in [0.1, 0.15) is 30.0 Å². The molecular formula is C22H22F6N4O. The summed E-state index contributed by atoms with van der Waals surface area (Å²) in [6.45, 7) is 1.76. The SMILES string of the molecule is Nc1ccc2c(cnn2C2CCN(Cc3ccc(C(O)(C(F)(F)F)C(F)(F)F)cc3)CC2)c1. The molecule has 0 amide bonds. The molecule has 178 valence electrons. The molecule has 2 aromatic carbocycles. The van der Waals surface area contributed by atoms with Crippen LogP contribution in [0.2, 0.25) is 0 Å². The van der Waals surface area contributed by atoms with Gasteiger partial charge in [-0.25, -0.2) is 0 Å². The second-order valence-corrected chi connectivity index (χ2v) is 8.32. The van der Waals surface area contributed by atoms with Gasteiger partial charge in [0.1, 0.15) is 0 Å². The predicted molar refractivity (Wildman–Crippen MR) is 110 cm³/mol. The number of alkyl halides is 6. The fraction of sp³-hybridized carbons (Fsp3) is 0.409. The van der Waals surface area contributed by atoms with Gasteiger partial charge < -0.3 is 10.8 Å². The highest BCUT2D eigenvalue weighted by atomic mass is 19.4. The molecule has 5 nitrogen and oxygen atoms in total. The van der Waals surface area contributed by atoms with Gasteiger partial charge in [0.25, 0.3) is 5.60 Å². The molecule has 4 rings (SSSR count). The molecule has 1 aliphatic heterocycles. The van der Waals surface area contributed by atoms with Crippen LogP contribution in [0.15, 0.2) is 48.7 Å². The maximum absolute atomic E-state index is 13.0. The van der Waals surface area contributed by atoms with E-state index in [-0.39, 0.29) is 6.04 Å². The number of rotatable bonds is 4. The molecule has 1 aromatic heterocycles. The van der Waals surface area contributed by atoms with Crippen LogP contribution in [-0.4, -0.2) is 45.2 Å². The largest absolute Gasteiger partial charge is 0.430 e. The van der Waals surface area contributed by atoms with Crippen LogP contribution in [0.5, 0.6) is 0 Å². The Labute approximate surface area is 185 Å². The lowest BCUT2D eigenvalue weighted by Gasteiger charge is -2.33. The average Bonchev–Trinajstić information content (AvgIpc) is 3.15. The highest BCUT2D eigenvalue weighted by Crippen LogP contribution is 2.50. The first-order chi connectivity index (χ1) is 15.4. The second kappa shape index (κ2) is 8.21. The summed E-state index contributed by atoms with van der Waals surface area (Å²) in [7, 11) is 0. The first kappa shape index (κ1) is 23.4. The molecule has 0 unspecified atom stereocenters. The predicted octanol–water partition coefficient (Wildman–Crippen LogP) is 4.77. The minimum atomic E-state index is -5.89. The number of halogens is 6. The van der Waals surface area contributed by atoms with Crippen molar-refractivity contribution in [3.8, 4) is 0 Å². The highest BCUT2D eigenvalue weighted by Gasteiger charge is 2.71. The highest BCUT2D eigenvalue weighted by molar-refractivity contribution is 5.82. The van der Waals surface area contributed by atoms with E-state index in [4.69, 9.17) is 5.73 Å². The van der Waals surface area contributed by atoms with Crippen molar-refractivity contribution in [3.05, 3.63) is 59.8 Å². The normalized spacial score (nSPS) is 17.1. The van der Waals surface area contributed by atoms with Gasteiger partial charge in [0.2, 0.25) is 0 Å². The smallest absolute Gasteiger partial charge is 0.399 e. The number of fused-ring (bicyclic) bond motifs is 1. The number of nitrogens with two attached hydrogens (primary N) is 1. The number of benzene rings is 2. The van der Waals surface area contributed by atoms with E-state index >= 15 is 0 Å². The summed E-state index contributed by atoms with van der Waals surface area (Å²) in [4.78, 5) is 2.08. The van der Waals surface area contributed by atoms with Crippen molar-refractivity contribution >= 4 is 16.6 Å². The Balaban J connectivity index is 1.42. The summed E-state index contributed by atoms with van der Waals surface area (Å²) in [5, 5.41) is 14.9. The van der Waals surface area contributed by atoms with E-state index in [1.165, 1.54) is 12.1 Å². The third kappa shape index (κ3) is 4.26. The Kier molecular flexibility index (Phi) is 5.81. The molecule has 0 spiro atoms. The fourth-order valence-electron chi connectivity index (χ4n) is 4.28. The Morgan fingerprint density at radius 2 is 1.55 bits per heavy atom.